The van der Waals surface area contributed by atoms with Crippen LogP contribution in [0, 0.1) is 6.92 Å². The molecule has 5 heteroatoms. The number of hydrogen-bond donors (Lipinski definition) is 0. The summed E-state index contributed by atoms with van der Waals surface area (Å²) < 4.78 is 12.1. The number of carbonyl (C=O) groups excluding carboxylic acids is 1. The van der Waals surface area contributed by atoms with Crippen LogP contribution in [0.2, 0.25) is 0 Å². The molecule has 172 valence electrons. The predicted molar refractivity (Wildman–Crippen MR) is 131 cm³/mol. The van der Waals surface area contributed by atoms with Gasteiger partial charge in [-0.05, 0) is 86.9 Å². The number of benzene rings is 2. The first-order valence-electron chi connectivity index (χ1n) is 11.9. The van der Waals surface area contributed by atoms with E-state index in [0.29, 0.717) is 13.1 Å². The van der Waals surface area contributed by atoms with Crippen LogP contribution in [-0.2, 0) is 11.2 Å². The van der Waals surface area contributed by atoms with E-state index in [1.54, 1.807) is 0 Å². The van der Waals surface area contributed by atoms with E-state index in [2.05, 4.69) is 47.4 Å². The second kappa shape index (κ2) is 8.05. The lowest BCUT2D eigenvalue weighted by molar-refractivity contribution is -0.0272. The van der Waals surface area contributed by atoms with Gasteiger partial charge in [-0.25, -0.2) is 4.79 Å². The van der Waals surface area contributed by atoms with Gasteiger partial charge in [0.15, 0.2) is 0 Å². The van der Waals surface area contributed by atoms with Gasteiger partial charge in [0.25, 0.3) is 0 Å². The molecule has 0 bridgehead atoms. The average molecular weight is 445 g/mol. The molecule has 1 aromatic heterocycles. The Balaban J connectivity index is 1.30. The number of piperidine rings is 1. The van der Waals surface area contributed by atoms with Crippen molar-refractivity contribution in [1.29, 1.82) is 0 Å². The smallest absolute Gasteiger partial charge is 0.410 e. The zero-order chi connectivity index (χ0) is 23.2. The highest BCUT2D eigenvalue weighted by atomic mass is 16.6. The van der Waals surface area contributed by atoms with Crippen LogP contribution in [0.3, 0.4) is 0 Å². The maximum Gasteiger partial charge on any atom is 0.410 e. The van der Waals surface area contributed by atoms with Crippen LogP contribution in [0.5, 0.6) is 5.75 Å². The lowest BCUT2D eigenvalue weighted by Crippen LogP contribution is -2.52. The Hall–Kier alpha value is -3.08. The van der Waals surface area contributed by atoms with Crippen LogP contribution in [0.25, 0.3) is 21.9 Å². The maximum atomic E-state index is 12.4. The Morgan fingerprint density at radius 2 is 1.73 bits per heavy atom. The number of pyridine rings is 1. The Morgan fingerprint density at radius 1 is 1.00 bits per heavy atom. The van der Waals surface area contributed by atoms with E-state index in [1.165, 1.54) is 22.1 Å². The van der Waals surface area contributed by atoms with Gasteiger partial charge < -0.3 is 14.4 Å². The van der Waals surface area contributed by atoms with Crippen molar-refractivity contribution in [1.82, 2.24) is 9.88 Å². The second-order valence-corrected chi connectivity index (χ2v) is 10.5. The predicted octanol–water partition coefficient (Wildman–Crippen LogP) is 6.30. The highest BCUT2D eigenvalue weighted by Crippen LogP contribution is 2.41. The average Bonchev–Trinajstić information content (AvgIpc) is 2.77. The summed E-state index contributed by atoms with van der Waals surface area (Å²) in [5, 5.41) is 2.37. The zero-order valence-electron chi connectivity index (χ0n) is 20.0. The lowest BCUT2D eigenvalue weighted by Gasteiger charge is -2.44. The largest absolute Gasteiger partial charge is 0.487 e. The summed E-state index contributed by atoms with van der Waals surface area (Å²) in [4.78, 5) is 18.6. The lowest BCUT2D eigenvalue weighted by atomic mass is 9.82. The Labute approximate surface area is 195 Å². The van der Waals surface area contributed by atoms with Crippen LogP contribution in [0.4, 0.5) is 4.79 Å². The van der Waals surface area contributed by atoms with Crippen molar-refractivity contribution in [3.63, 3.8) is 0 Å². The van der Waals surface area contributed by atoms with Crippen molar-refractivity contribution in [2.45, 2.75) is 64.6 Å². The molecular formula is C28H32N2O3. The van der Waals surface area contributed by atoms with E-state index in [4.69, 9.17) is 9.47 Å². The summed E-state index contributed by atoms with van der Waals surface area (Å²) in [6.07, 6.45) is 5.36. The van der Waals surface area contributed by atoms with Gasteiger partial charge in [-0.3, -0.25) is 4.98 Å². The summed E-state index contributed by atoms with van der Waals surface area (Å²) in [7, 11) is 0. The maximum absolute atomic E-state index is 12.4. The minimum atomic E-state index is -0.467. The molecule has 2 aliphatic heterocycles. The number of carbonyl (C=O) groups is 1. The van der Waals surface area contributed by atoms with Crippen molar-refractivity contribution in [2.24, 2.45) is 0 Å². The molecule has 3 heterocycles. The van der Waals surface area contributed by atoms with E-state index in [9.17, 15) is 4.79 Å². The molecule has 5 rings (SSSR count). The molecule has 0 N–H and O–H groups in total. The second-order valence-electron chi connectivity index (χ2n) is 10.5. The molecule has 0 atom stereocenters. The van der Waals surface area contributed by atoms with E-state index in [0.717, 1.165) is 42.5 Å². The van der Waals surface area contributed by atoms with Crippen LogP contribution < -0.4 is 4.74 Å². The number of aryl methyl sites for hydroxylation is 2. The fourth-order valence-corrected chi connectivity index (χ4v) is 4.91. The number of rotatable bonds is 1. The SMILES string of the molecule is Cc1cc2cc(-c3ccc4c(c3)CCC3(CCN(C(=O)OC(C)(C)C)CC3)O4)ccc2cn1. The Bertz CT molecular complexity index is 1200. The molecule has 33 heavy (non-hydrogen) atoms. The first kappa shape index (κ1) is 21.7. The molecule has 0 unspecified atom stereocenters. The number of nitrogens with zero attached hydrogens (tertiary/aromatic N) is 2. The molecule has 0 radical (unpaired) electrons. The van der Waals surface area contributed by atoms with Crippen molar-refractivity contribution >= 4 is 16.9 Å². The molecule has 1 spiro atoms. The number of amides is 1. The normalized spacial score (nSPS) is 17.5. The van der Waals surface area contributed by atoms with E-state index >= 15 is 0 Å². The first-order valence-corrected chi connectivity index (χ1v) is 11.9. The van der Waals surface area contributed by atoms with Crippen molar-refractivity contribution in [2.75, 3.05) is 13.1 Å². The van der Waals surface area contributed by atoms with Gasteiger partial charge >= 0.3 is 6.09 Å². The topological polar surface area (TPSA) is 51.7 Å². The van der Waals surface area contributed by atoms with Gasteiger partial charge in [0.05, 0.1) is 0 Å². The molecule has 0 saturated carbocycles. The van der Waals surface area contributed by atoms with Gasteiger partial charge in [0.2, 0.25) is 0 Å². The summed E-state index contributed by atoms with van der Waals surface area (Å²) in [6.45, 7) is 9.09. The van der Waals surface area contributed by atoms with E-state index in [1.807, 2.05) is 38.8 Å². The standard InChI is InChI=1S/C28H32N2O3/c1-19-15-24-17-20(5-6-23(24)18-29-19)21-7-8-25-22(16-21)9-10-28(32-25)11-13-30(14-12-28)26(31)33-27(2,3)4/h5-8,15-18H,9-14H2,1-4H3. The van der Waals surface area contributed by atoms with Gasteiger partial charge in [-0.1, -0.05) is 18.2 Å². The van der Waals surface area contributed by atoms with Crippen molar-refractivity contribution in [3.8, 4) is 16.9 Å². The number of likely N-dealkylation sites (tertiary alicyclic amines) is 1. The Morgan fingerprint density at radius 3 is 2.48 bits per heavy atom. The molecule has 1 saturated heterocycles. The van der Waals surface area contributed by atoms with Crippen LogP contribution in [0.1, 0.15) is 51.3 Å². The number of hydrogen-bond acceptors (Lipinski definition) is 4. The molecule has 3 aromatic rings. The third-order valence-corrected chi connectivity index (χ3v) is 6.76. The van der Waals surface area contributed by atoms with Gasteiger partial charge in [0, 0.05) is 43.2 Å². The molecular weight excluding hydrogens is 412 g/mol. The third kappa shape index (κ3) is 4.54. The van der Waals surface area contributed by atoms with E-state index in [-0.39, 0.29) is 11.7 Å². The third-order valence-electron chi connectivity index (χ3n) is 6.76. The van der Waals surface area contributed by atoms with Gasteiger partial charge in [-0.15, -0.1) is 0 Å². The summed E-state index contributed by atoms with van der Waals surface area (Å²) >= 11 is 0. The fraction of sp³-hybridized carbons (Fsp3) is 0.429. The monoisotopic (exact) mass is 444 g/mol. The summed E-state index contributed by atoms with van der Waals surface area (Å²) in [5.41, 5.74) is 4.07. The number of aromatic nitrogens is 1. The highest BCUT2D eigenvalue weighted by molar-refractivity contribution is 5.87. The van der Waals surface area contributed by atoms with Gasteiger partial charge in [-0.2, -0.15) is 0 Å². The van der Waals surface area contributed by atoms with Gasteiger partial charge in [0.1, 0.15) is 17.0 Å². The highest BCUT2D eigenvalue weighted by Gasteiger charge is 2.41. The molecule has 2 aromatic carbocycles. The quantitative estimate of drug-likeness (QED) is 0.442. The van der Waals surface area contributed by atoms with Crippen LogP contribution >= 0.6 is 0 Å². The van der Waals surface area contributed by atoms with Crippen LogP contribution in [0.15, 0.2) is 48.7 Å². The van der Waals surface area contributed by atoms with E-state index < -0.39 is 5.60 Å². The molecule has 0 aliphatic carbocycles. The van der Waals surface area contributed by atoms with Crippen molar-refractivity contribution < 1.29 is 14.3 Å². The zero-order valence-corrected chi connectivity index (χ0v) is 20.0. The number of ether oxygens (including phenoxy) is 2. The minimum absolute atomic E-state index is 0.180. The Kier molecular flexibility index (Phi) is 5.31. The molecule has 5 nitrogen and oxygen atoms in total. The molecule has 2 aliphatic rings. The number of fused-ring (bicyclic) bond motifs is 2. The summed E-state index contributed by atoms with van der Waals surface area (Å²) in [6, 6.07) is 15.2. The minimum Gasteiger partial charge on any atom is -0.487 e. The molecule has 1 fully saturated rings. The fourth-order valence-electron chi connectivity index (χ4n) is 4.91. The van der Waals surface area contributed by atoms with Crippen LogP contribution in [-0.4, -0.2) is 40.3 Å². The molecule has 1 amide bonds. The first-order chi connectivity index (χ1) is 15.7. The van der Waals surface area contributed by atoms with Crippen molar-refractivity contribution in [3.05, 3.63) is 59.9 Å². The summed E-state index contributed by atoms with van der Waals surface area (Å²) in [5.74, 6) is 0.983.